The largest absolute Gasteiger partial charge is 0.399 e. The number of halogens is 1. The van der Waals surface area contributed by atoms with Crippen LogP contribution in [0.25, 0.3) is 0 Å². The lowest BCUT2D eigenvalue weighted by atomic mass is 10.1. The van der Waals surface area contributed by atoms with Gasteiger partial charge in [0.05, 0.1) is 22.3 Å². The molecule has 0 spiro atoms. The minimum Gasteiger partial charge on any atom is -0.399 e. The average molecular weight is 300 g/mol. The Labute approximate surface area is 128 Å². The number of nitrogens with one attached hydrogen (secondary N) is 1. The van der Waals surface area contributed by atoms with Gasteiger partial charge in [0.2, 0.25) is 5.91 Å². The van der Waals surface area contributed by atoms with E-state index >= 15 is 0 Å². The predicted octanol–water partition coefficient (Wildman–Crippen LogP) is 3.37. The average Bonchev–Trinajstić information content (AvgIpc) is 2.47. The summed E-state index contributed by atoms with van der Waals surface area (Å²) in [5.74, 6) is -0.135. The maximum atomic E-state index is 11.9. The number of anilines is 2. The molecule has 0 heterocycles. The Morgan fingerprint density at radius 1 is 1.29 bits per heavy atom. The summed E-state index contributed by atoms with van der Waals surface area (Å²) in [5.41, 5.74) is 8.35. The van der Waals surface area contributed by atoms with E-state index in [0.29, 0.717) is 34.8 Å². The van der Waals surface area contributed by atoms with Crippen LogP contribution in [0, 0.1) is 11.3 Å². The zero-order valence-electron chi connectivity index (χ0n) is 11.3. The number of hydrogen-bond donors (Lipinski definition) is 2. The molecule has 21 heavy (non-hydrogen) atoms. The lowest BCUT2D eigenvalue weighted by Gasteiger charge is -2.07. The molecule has 0 fully saturated rings. The van der Waals surface area contributed by atoms with Gasteiger partial charge in [-0.15, -0.1) is 0 Å². The summed E-state index contributed by atoms with van der Waals surface area (Å²) < 4.78 is 0. The van der Waals surface area contributed by atoms with E-state index in [9.17, 15) is 4.79 Å². The molecule has 0 unspecified atom stereocenters. The summed E-state index contributed by atoms with van der Waals surface area (Å²) in [6.45, 7) is 0. The van der Waals surface area contributed by atoms with Crippen LogP contribution >= 0.6 is 11.6 Å². The molecule has 0 saturated carbocycles. The molecule has 0 radical (unpaired) electrons. The van der Waals surface area contributed by atoms with Gasteiger partial charge in [0.1, 0.15) is 0 Å². The molecule has 3 N–H and O–H groups in total. The second-order valence-electron chi connectivity index (χ2n) is 4.60. The third kappa shape index (κ3) is 4.23. The number of aryl methyl sites for hydroxylation is 1. The number of carbonyl (C=O) groups excluding carboxylic acids is 1. The maximum absolute atomic E-state index is 11.9. The van der Waals surface area contributed by atoms with E-state index in [0.717, 1.165) is 5.56 Å². The fraction of sp³-hybridized carbons (Fsp3) is 0.125. The van der Waals surface area contributed by atoms with Crippen LogP contribution in [0.3, 0.4) is 0 Å². The number of nitrogen functional groups attached to an aromatic ring is 1. The standard InChI is InChI=1S/C16H14ClN3O/c17-14-9-12(10-18)4-6-15(14)20-16(21)7-5-11-2-1-3-13(19)8-11/h1-4,6,8-9H,5,7,19H2,(H,20,21). The van der Waals surface area contributed by atoms with Crippen molar-refractivity contribution >= 4 is 28.9 Å². The van der Waals surface area contributed by atoms with Crippen molar-refractivity contribution in [1.29, 1.82) is 5.26 Å². The molecule has 2 aromatic carbocycles. The van der Waals surface area contributed by atoms with E-state index in [2.05, 4.69) is 5.32 Å². The lowest BCUT2D eigenvalue weighted by Crippen LogP contribution is -2.12. The van der Waals surface area contributed by atoms with Crippen LogP contribution in [0.2, 0.25) is 5.02 Å². The molecule has 0 bridgehead atoms. The summed E-state index contributed by atoms with van der Waals surface area (Å²) in [6, 6.07) is 14.2. The molecule has 0 saturated heterocycles. The molecular formula is C16H14ClN3O. The van der Waals surface area contributed by atoms with Gasteiger partial charge in [-0.3, -0.25) is 4.79 Å². The third-order valence-corrected chi connectivity index (χ3v) is 3.28. The van der Waals surface area contributed by atoms with E-state index in [1.165, 1.54) is 6.07 Å². The first-order chi connectivity index (χ1) is 10.1. The Kier molecular flexibility index (Phi) is 4.81. The van der Waals surface area contributed by atoms with Crippen molar-refractivity contribution in [2.24, 2.45) is 0 Å². The smallest absolute Gasteiger partial charge is 0.224 e. The lowest BCUT2D eigenvalue weighted by molar-refractivity contribution is -0.116. The van der Waals surface area contributed by atoms with Crippen LogP contribution < -0.4 is 11.1 Å². The van der Waals surface area contributed by atoms with Gasteiger partial charge in [-0.25, -0.2) is 0 Å². The first-order valence-electron chi connectivity index (χ1n) is 6.42. The molecule has 0 aliphatic heterocycles. The van der Waals surface area contributed by atoms with Gasteiger partial charge in [0.25, 0.3) is 0 Å². The Morgan fingerprint density at radius 3 is 2.76 bits per heavy atom. The number of nitrogens with two attached hydrogens (primary N) is 1. The highest BCUT2D eigenvalue weighted by atomic mass is 35.5. The number of benzene rings is 2. The molecule has 2 aromatic rings. The minimum absolute atomic E-state index is 0.135. The monoisotopic (exact) mass is 299 g/mol. The second-order valence-corrected chi connectivity index (χ2v) is 5.01. The van der Waals surface area contributed by atoms with E-state index < -0.39 is 0 Å². The Hall–Kier alpha value is -2.51. The topological polar surface area (TPSA) is 78.9 Å². The van der Waals surface area contributed by atoms with E-state index in [-0.39, 0.29) is 5.91 Å². The number of nitriles is 1. The van der Waals surface area contributed by atoms with Gasteiger partial charge in [-0.1, -0.05) is 23.7 Å². The zero-order chi connectivity index (χ0) is 15.2. The van der Waals surface area contributed by atoms with E-state index in [1.807, 2.05) is 24.3 Å². The van der Waals surface area contributed by atoms with Crippen LogP contribution in [0.5, 0.6) is 0 Å². The fourth-order valence-corrected chi connectivity index (χ4v) is 2.13. The highest BCUT2D eigenvalue weighted by Gasteiger charge is 2.07. The van der Waals surface area contributed by atoms with E-state index in [1.54, 1.807) is 18.2 Å². The second kappa shape index (κ2) is 6.78. The molecule has 4 nitrogen and oxygen atoms in total. The predicted molar refractivity (Wildman–Crippen MR) is 84.0 cm³/mol. The highest BCUT2D eigenvalue weighted by molar-refractivity contribution is 6.33. The summed E-state index contributed by atoms with van der Waals surface area (Å²) >= 11 is 6.01. The van der Waals surface area contributed by atoms with Crippen molar-refractivity contribution in [2.75, 3.05) is 11.1 Å². The Morgan fingerprint density at radius 2 is 2.10 bits per heavy atom. The van der Waals surface area contributed by atoms with E-state index in [4.69, 9.17) is 22.6 Å². The first kappa shape index (κ1) is 14.9. The Balaban J connectivity index is 1.95. The fourth-order valence-electron chi connectivity index (χ4n) is 1.91. The molecule has 0 aliphatic carbocycles. The summed E-state index contributed by atoms with van der Waals surface area (Å²) in [4.78, 5) is 11.9. The summed E-state index contributed by atoms with van der Waals surface area (Å²) in [6.07, 6.45) is 0.935. The van der Waals surface area contributed by atoms with Crippen LogP contribution in [-0.4, -0.2) is 5.91 Å². The Bertz CT molecular complexity index is 707. The minimum atomic E-state index is -0.135. The van der Waals surface area contributed by atoms with Gasteiger partial charge in [0, 0.05) is 12.1 Å². The van der Waals surface area contributed by atoms with Crippen LogP contribution in [-0.2, 0) is 11.2 Å². The van der Waals surface area contributed by atoms with Gasteiger partial charge in [-0.2, -0.15) is 5.26 Å². The summed E-state index contributed by atoms with van der Waals surface area (Å²) in [7, 11) is 0. The van der Waals surface area contributed by atoms with Gasteiger partial charge in [0.15, 0.2) is 0 Å². The van der Waals surface area contributed by atoms with Crippen LogP contribution in [0.15, 0.2) is 42.5 Å². The maximum Gasteiger partial charge on any atom is 0.224 e. The van der Waals surface area contributed by atoms with Gasteiger partial charge < -0.3 is 11.1 Å². The van der Waals surface area contributed by atoms with Crippen molar-refractivity contribution in [3.63, 3.8) is 0 Å². The number of carbonyl (C=O) groups is 1. The molecule has 0 aliphatic rings. The number of amides is 1. The molecule has 106 valence electrons. The molecule has 0 atom stereocenters. The molecule has 2 rings (SSSR count). The molecule has 1 amide bonds. The first-order valence-corrected chi connectivity index (χ1v) is 6.80. The normalized spacial score (nSPS) is 9.90. The van der Waals surface area contributed by atoms with Crippen molar-refractivity contribution in [1.82, 2.24) is 0 Å². The van der Waals surface area contributed by atoms with Crippen molar-refractivity contribution in [3.05, 3.63) is 58.6 Å². The number of nitrogens with zero attached hydrogens (tertiary/aromatic N) is 1. The SMILES string of the molecule is N#Cc1ccc(NC(=O)CCc2cccc(N)c2)c(Cl)c1. The summed E-state index contributed by atoms with van der Waals surface area (Å²) in [5, 5.41) is 11.8. The van der Waals surface area contributed by atoms with Crippen LogP contribution in [0.4, 0.5) is 11.4 Å². The molecule has 5 heteroatoms. The molecular weight excluding hydrogens is 286 g/mol. The van der Waals surface area contributed by atoms with Crippen molar-refractivity contribution in [3.8, 4) is 6.07 Å². The molecule has 0 aromatic heterocycles. The third-order valence-electron chi connectivity index (χ3n) is 2.96. The number of hydrogen-bond acceptors (Lipinski definition) is 3. The van der Waals surface area contributed by atoms with Gasteiger partial charge in [-0.05, 0) is 42.3 Å². The van der Waals surface area contributed by atoms with Crippen LogP contribution in [0.1, 0.15) is 17.5 Å². The van der Waals surface area contributed by atoms with Crippen molar-refractivity contribution < 1.29 is 4.79 Å². The highest BCUT2D eigenvalue weighted by Crippen LogP contribution is 2.23. The van der Waals surface area contributed by atoms with Crippen molar-refractivity contribution in [2.45, 2.75) is 12.8 Å². The van der Waals surface area contributed by atoms with Gasteiger partial charge >= 0.3 is 0 Å². The number of rotatable bonds is 4. The quantitative estimate of drug-likeness (QED) is 0.850. The zero-order valence-corrected chi connectivity index (χ0v) is 12.0.